The molecule has 2 aromatic rings. The SMILES string of the molecule is N=C(N)c1ccc2ccc(CN)cc2c1. The Hall–Kier alpha value is -1.87. The molecule has 0 spiro atoms. The van der Waals surface area contributed by atoms with E-state index in [0.29, 0.717) is 6.54 Å². The van der Waals surface area contributed by atoms with Gasteiger partial charge in [-0.3, -0.25) is 5.41 Å². The summed E-state index contributed by atoms with van der Waals surface area (Å²) >= 11 is 0. The zero-order chi connectivity index (χ0) is 10.8. The van der Waals surface area contributed by atoms with E-state index in [-0.39, 0.29) is 5.84 Å². The number of fused-ring (bicyclic) bond motifs is 1. The highest BCUT2D eigenvalue weighted by Crippen LogP contribution is 2.17. The van der Waals surface area contributed by atoms with E-state index in [0.717, 1.165) is 21.9 Å². The molecule has 0 radical (unpaired) electrons. The van der Waals surface area contributed by atoms with E-state index in [2.05, 4.69) is 0 Å². The Morgan fingerprint density at radius 3 is 2.47 bits per heavy atom. The molecule has 0 atom stereocenters. The van der Waals surface area contributed by atoms with Gasteiger partial charge in [-0.25, -0.2) is 0 Å². The van der Waals surface area contributed by atoms with Gasteiger partial charge < -0.3 is 11.5 Å². The molecular formula is C12H13N3. The number of amidine groups is 1. The summed E-state index contributed by atoms with van der Waals surface area (Å²) in [5, 5.41) is 9.57. The summed E-state index contributed by atoms with van der Waals surface area (Å²) in [6.07, 6.45) is 0. The van der Waals surface area contributed by atoms with Crippen LogP contribution >= 0.6 is 0 Å². The van der Waals surface area contributed by atoms with Crippen molar-refractivity contribution in [3.63, 3.8) is 0 Å². The highest BCUT2D eigenvalue weighted by atomic mass is 14.7. The van der Waals surface area contributed by atoms with Gasteiger partial charge in [0.15, 0.2) is 0 Å². The highest BCUT2D eigenvalue weighted by Gasteiger charge is 1.99. The van der Waals surface area contributed by atoms with Gasteiger partial charge >= 0.3 is 0 Å². The average Bonchev–Trinajstić information content (AvgIpc) is 2.27. The average molecular weight is 199 g/mol. The maximum Gasteiger partial charge on any atom is 0.122 e. The van der Waals surface area contributed by atoms with E-state index >= 15 is 0 Å². The lowest BCUT2D eigenvalue weighted by atomic mass is 10.0. The van der Waals surface area contributed by atoms with Crippen molar-refractivity contribution in [2.24, 2.45) is 11.5 Å². The minimum atomic E-state index is 0.0926. The van der Waals surface area contributed by atoms with Crippen LogP contribution in [0.25, 0.3) is 10.8 Å². The van der Waals surface area contributed by atoms with Crippen molar-refractivity contribution in [3.05, 3.63) is 47.5 Å². The highest BCUT2D eigenvalue weighted by molar-refractivity contribution is 5.99. The van der Waals surface area contributed by atoms with Crippen LogP contribution in [-0.4, -0.2) is 5.84 Å². The second-order valence-corrected chi connectivity index (χ2v) is 3.51. The van der Waals surface area contributed by atoms with Crippen molar-refractivity contribution in [3.8, 4) is 0 Å². The van der Waals surface area contributed by atoms with Crippen molar-refractivity contribution in [1.29, 1.82) is 5.41 Å². The Morgan fingerprint density at radius 1 is 1.07 bits per heavy atom. The molecule has 0 heterocycles. The third kappa shape index (κ3) is 1.82. The zero-order valence-corrected chi connectivity index (χ0v) is 8.33. The van der Waals surface area contributed by atoms with Gasteiger partial charge in [-0.2, -0.15) is 0 Å². The molecule has 3 heteroatoms. The molecule has 0 bridgehead atoms. The molecule has 0 amide bonds. The Labute approximate surface area is 88.2 Å². The molecule has 0 aliphatic rings. The van der Waals surface area contributed by atoms with E-state index in [4.69, 9.17) is 16.9 Å². The fourth-order valence-electron chi connectivity index (χ4n) is 1.59. The van der Waals surface area contributed by atoms with Crippen LogP contribution in [0.2, 0.25) is 0 Å². The van der Waals surface area contributed by atoms with Gasteiger partial charge in [0, 0.05) is 12.1 Å². The minimum Gasteiger partial charge on any atom is -0.384 e. The molecular weight excluding hydrogens is 186 g/mol. The molecule has 2 aromatic carbocycles. The van der Waals surface area contributed by atoms with Crippen LogP contribution in [0.15, 0.2) is 36.4 Å². The van der Waals surface area contributed by atoms with Crippen molar-refractivity contribution in [2.45, 2.75) is 6.54 Å². The molecule has 15 heavy (non-hydrogen) atoms. The fourth-order valence-corrected chi connectivity index (χ4v) is 1.59. The molecule has 0 aliphatic heterocycles. The number of nitrogens with two attached hydrogens (primary N) is 2. The molecule has 76 valence electrons. The van der Waals surface area contributed by atoms with Gasteiger partial charge in [0.25, 0.3) is 0 Å². The van der Waals surface area contributed by atoms with Crippen molar-refractivity contribution >= 4 is 16.6 Å². The summed E-state index contributed by atoms with van der Waals surface area (Å²) in [5.41, 5.74) is 12.8. The third-order valence-electron chi connectivity index (χ3n) is 2.45. The van der Waals surface area contributed by atoms with Gasteiger partial charge in [0.05, 0.1) is 0 Å². The molecule has 0 aromatic heterocycles. The summed E-state index contributed by atoms with van der Waals surface area (Å²) in [6.45, 7) is 0.528. The van der Waals surface area contributed by atoms with Crippen LogP contribution in [0.5, 0.6) is 0 Å². The minimum absolute atomic E-state index is 0.0926. The molecule has 0 unspecified atom stereocenters. The maximum atomic E-state index is 7.36. The first-order chi connectivity index (χ1) is 7.20. The third-order valence-corrected chi connectivity index (χ3v) is 2.45. The quantitative estimate of drug-likeness (QED) is 0.507. The van der Waals surface area contributed by atoms with Crippen LogP contribution in [0, 0.1) is 5.41 Å². The number of benzene rings is 2. The van der Waals surface area contributed by atoms with Crippen molar-refractivity contribution in [1.82, 2.24) is 0 Å². The Bertz CT molecular complexity index is 517. The van der Waals surface area contributed by atoms with Crippen LogP contribution in [0.1, 0.15) is 11.1 Å². The second kappa shape index (κ2) is 3.71. The molecule has 0 saturated heterocycles. The number of hydrogen-bond acceptors (Lipinski definition) is 2. The van der Waals surface area contributed by atoms with Gasteiger partial charge in [-0.05, 0) is 28.5 Å². The van der Waals surface area contributed by atoms with Crippen molar-refractivity contribution < 1.29 is 0 Å². The standard InChI is InChI=1S/C12H13N3/c13-7-8-1-2-9-3-4-10(12(14)15)6-11(9)5-8/h1-6H,7,13H2,(H3,14,15). The summed E-state index contributed by atoms with van der Waals surface area (Å²) in [7, 11) is 0. The van der Waals surface area contributed by atoms with E-state index < -0.39 is 0 Å². The number of hydrogen-bond donors (Lipinski definition) is 3. The maximum absolute atomic E-state index is 7.36. The Kier molecular flexibility index (Phi) is 2.39. The van der Waals surface area contributed by atoms with Gasteiger partial charge in [-0.1, -0.05) is 24.3 Å². The number of nitrogens with one attached hydrogen (secondary N) is 1. The summed E-state index contributed by atoms with van der Waals surface area (Å²) < 4.78 is 0. The first-order valence-electron chi connectivity index (χ1n) is 4.78. The Morgan fingerprint density at radius 2 is 1.80 bits per heavy atom. The first kappa shape index (κ1) is 9.68. The molecule has 0 saturated carbocycles. The Balaban J connectivity index is 2.62. The van der Waals surface area contributed by atoms with Gasteiger partial charge in [0.1, 0.15) is 5.84 Å². The number of nitrogen functional groups attached to an aromatic ring is 1. The lowest BCUT2D eigenvalue weighted by molar-refractivity contribution is 1.08. The van der Waals surface area contributed by atoms with Gasteiger partial charge in [0.2, 0.25) is 0 Å². The van der Waals surface area contributed by atoms with Crippen LogP contribution < -0.4 is 11.5 Å². The zero-order valence-electron chi connectivity index (χ0n) is 8.33. The monoisotopic (exact) mass is 199 g/mol. The fraction of sp³-hybridized carbons (Fsp3) is 0.0833. The molecule has 0 aliphatic carbocycles. The largest absolute Gasteiger partial charge is 0.384 e. The topological polar surface area (TPSA) is 75.9 Å². The first-order valence-corrected chi connectivity index (χ1v) is 4.78. The van der Waals surface area contributed by atoms with Crippen LogP contribution in [0.3, 0.4) is 0 Å². The predicted octanol–water partition coefficient (Wildman–Crippen LogP) is 1.58. The molecule has 2 rings (SSSR count). The summed E-state index contributed by atoms with van der Waals surface area (Å²) in [5.74, 6) is 0.0926. The van der Waals surface area contributed by atoms with Crippen LogP contribution in [0.4, 0.5) is 0 Å². The van der Waals surface area contributed by atoms with E-state index in [1.807, 2.05) is 36.4 Å². The van der Waals surface area contributed by atoms with E-state index in [1.165, 1.54) is 0 Å². The van der Waals surface area contributed by atoms with E-state index in [1.54, 1.807) is 0 Å². The predicted molar refractivity (Wildman–Crippen MR) is 62.9 cm³/mol. The lowest BCUT2D eigenvalue weighted by Crippen LogP contribution is -2.10. The van der Waals surface area contributed by atoms with E-state index in [9.17, 15) is 0 Å². The van der Waals surface area contributed by atoms with Crippen LogP contribution in [-0.2, 0) is 6.54 Å². The number of rotatable bonds is 2. The van der Waals surface area contributed by atoms with Gasteiger partial charge in [-0.15, -0.1) is 0 Å². The summed E-state index contributed by atoms with van der Waals surface area (Å²) in [4.78, 5) is 0. The van der Waals surface area contributed by atoms with Crippen molar-refractivity contribution in [2.75, 3.05) is 0 Å². The second-order valence-electron chi connectivity index (χ2n) is 3.51. The molecule has 3 nitrogen and oxygen atoms in total. The molecule has 5 N–H and O–H groups in total. The molecule has 0 fully saturated rings. The normalized spacial score (nSPS) is 10.5. The smallest absolute Gasteiger partial charge is 0.122 e. The lowest BCUT2D eigenvalue weighted by Gasteiger charge is -2.03. The summed E-state index contributed by atoms with van der Waals surface area (Å²) in [6, 6.07) is 11.8.